The molecule has 0 aromatic heterocycles. The highest BCUT2D eigenvalue weighted by atomic mass is 16.1. The fourth-order valence-corrected chi connectivity index (χ4v) is 1.02. The van der Waals surface area contributed by atoms with Crippen molar-refractivity contribution in [3.05, 3.63) is 23.3 Å². The summed E-state index contributed by atoms with van der Waals surface area (Å²) < 4.78 is 0. The summed E-state index contributed by atoms with van der Waals surface area (Å²) in [7, 11) is 0. The topological polar surface area (TPSA) is 95.1 Å². The Morgan fingerprint density at radius 2 is 1.92 bits per heavy atom. The van der Waals surface area contributed by atoms with E-state index < -0.39 is 5.91 Å². The molecule has 4 nitrogen and oxygen atoms in total. The van der Waals surface area contributed by atoms with E-state index in [2.05, 4.69) is 0 Å². The summed E-state index contributed by atoms with van der Waals surface area (Å²) in [5.74, 6) is -0.487. The molecule has 1 aromatic carbocycles. The van der Waals surface area contributed by atoms with Crippen LogP contribution < -0.4 is 17.2 Å². The number of hydrogen-bond acceptors (Lipinski definition) is 3. The van der Waals surface area contributed by atoms with Gasteiger partial charge in [-0.3, -0.25) is 4.79 Å². The van der Waals surface area contributed by atoms with E-state index >= 15 is 0 Å². The van der Waals surface area contributed by atoms with Crippen LogP contribution in [-0.4, -0.2) is 5.91 Å². The van der Waals surface area contributed by atoms with Gasteiger partial charge in [-0.05, 0) is 24.6 Å². The third kappa shape index (κ3) is 1.18. The molecule has 0 aliphatic heterocycles. The molecule has 0 aliphatic carbocycles. The average Bonchev–Trinajstić information content (AvgIpc) is 2.00. The summed E-state index contributed by atoms with van der Waals surface area (Å²) >= 11 is 0. The normalized spacial score (nSPS) is 9.75. The maximum atomic E-state index is 10.8. The second kappa shape index (κ2) is 2.73. The lowest BCUT2D eigenvalue weighted by atomic mass is 10.1. The van der Waals surface area contributed by atoms with Crippen LogP contribution in [0.3, 0.4) is 0 Å². The van der Waals surface area contributed by atoms with Crippen molar-refractivity contribution in [3.8, 4) is 0 Å². The first kappa shape index (κ1) is 8.39. The van der Waals surface area contributed by atoms with Gasteiger partial charge >= 0.3 is 0 Å². The van der Waals surface area contributed by atoms with Gasteiger partial charge in [0.2, 0.25) is 5.91 Å². The molecular formula is C8H11N3O. The fraction of sp³-hybridized carbons (Fsp3) is 0.125. The van der Waals surface area contributed by atoms with Crippen LogP contribution in [0.4, 0.5) is 11.4 Å². The lowest BCUT2D eigenvalue weighted by Gasteiger charge is -2.07. The van der Waals surface area contributed by atoms with Crippen LogP contribution in [-0.2, 0) is 0 Å². The van der Waals surface area contributed by atoms with Crippen LogP contribution in [0, 0.1) is 6.92 Å². The zero-order valence-corrected chi connectivity index (χ0v) is 6.79. The highest BCUT2D eigenvalue weighted by Gasteiger charge is 2.08. The van der Waals surface area contributed by atoms with Crippen molar-refractivity contribution in [2.45, 2.75) is 6.92 Å². The molecule has 4 heteroatoms. The van der Waals surface area contributed by atoms with Crippen LogP contribution in [0.2, 0.25) is 0 Å². The number of carbonyl (C=O) groups is 1. The number of anilines is 2. The molecular weight excluding hydrogens is 154 g/mol. The summed E-state index contributed by atoms with van der Waals surface area (Å²) in [6.07, 6.45) is 0. The van der Waals surface area contributed by atoms with Gasteiger partial charge in [0.25, 0.3) is 0 Å². The molecule has 0 fully saturated rings. The number of carbonyl (C=O) groups excluding carboxylic acids is 1. The first-order valence-corrected chi connectivity index (χ1v) is 3.48. The van der Waals surface area contributed by atoms with Crippen molar-refractivity contribution >= 4 is 17.3 Å². The Bertz CT molecular complexity index is 333. The van der Waals surface area contributed by atoms with Gasteiger partial charge in [0.05, 0.1) is 11.4 Å². The molecule has 12 heavy (non-hydrogen) atoms. The third-order valence-corrected chi connectivity index (χ3v) is 1.81. The number of hydrogen-bond donors (Lipinski definition) is 3. The Morgan fingerprint density at radius 3 is 2.42 bits per heavy atom. The predicted octanol–water partition coefficient (Wildman–Crippen LogP) is 0.258. The zero-order valence-electron chi connectivity index (χ0n) is 6.79. The molecule has 0 aliphatic rings. The van der Waals surface area contributed by atoms with Gasteiger partial charge in [-0.15, -0.1) is 0 Å². The van der Waals surface area contributed by atoms with E-state index in [0.29, 0.717) is 22.5 Å². The van der Waals surface area contributed by atoms with Gasteiger partial charge in [-0.1, -0.05) is 0 Å². The van der Waals surface area contributed by atoms with E-state index in [1.54, 1.807) is 19.1 Å². The van der Waals surface area contributed by atoms with Gasteiger partial charge in [0.15, 0.2) is 0 Å². The van der Waals surface area contributed by atoms with Crippen molar-refractivity contribution < 1.29 is 4.79 Å². The lowest BCUT2D eigenvalue weighted by molar-refractivity contribution is 0.1000. The lowest BCUT2D eigenvalue weighted by Crippen LogP contribution is -2.14. The Labute approximate surface area is 70.3 Å². The number of primary amides is 1. The van der Waals surface area contributed by atoms with Gasteiger partial charge in [0, 0.05) is 5.56 Å². The maximum absolute atomic E-state index is 10.8. The fourth-order valence-electron chi connectivity index (χ4n) is 1.02. The van der Waals surface area contributed by atoms with Gasteiger partial charge in [-0.2, -0.15) is 0 Å². The zero-order chi connectivity index (χ0) is 9.30. The molecule has 0 radical (unpaired) electrons. The van der Waals surface area contributed by atoms with Crippen molar-refractivity contribution in [1.29, 1.82) is 0 Å². The largest absolute Gasteiger partial charge is 0.397 e. The molecule has 1 amide bonds. The molecule has 0 saturated carbocycles. The molecule has 0 atom stereocenters. The molecule has 0 unspecified atom stereocenters. The molecule has 64 valence electrons. The Kier molecular flexibility index (Phi) is 1.91. The van der Waals surface area contributed by atoms with Crippen LogP contribution in [0.15, 0.2) is 12.1 Å². The molecule has 6 N–H and O–H groups in total. The highest BCUT2D eigenvalue weighted by Crippen LogP contribution is 2.22. The molecule has 0 saturated heterocycles. The van der Waals surface area contributed by atoms with Crippen molar-refractivity contribution in [3.63, 3.8) is 0 Å². The minimum atomic E-state index is -0.487. The number of amides is 1. The summed E-state index contributed by atoms with van der Waals surface area (Å²) in [5, 5.41) is 0. The summed E-state index contributed by atoms with van der Waals surface area (Å²) in [6, 6.07) is 3.14. The minimum absolute atomic E-state index is 0.418. The number of nitrogen functional groups attached to an aromatic ring is 2. The van der Waals surface area contributed by atoms with Gasteiger partial charge < -0.3 is 17.2 Å². The van der Waals surface area contributed by atoms with Crippen molar-refractivity contribution in [1.82, 2.24) is 0 Å². The average molecular weight is 165 g/mol. The van der Waals surface area contributed by atoms with Crippen LogP contribution in [0.5, 0.6) is 0 Å². The highest BCUT2D eigenvalue weighted by molar-refractivity contribution is 5.96. The molecule has 1 aromatic rings. The number of nitrogens with two attached hydrogens (primary N) is 3. The first-order valence-electron chi connectivity index (χ1n) is 3.48. The van der Waals surface area contributed by atoms with Crippen molar-refractivity contribution in [2.75, 3.05) is 11.5 Å². The summed E-state index contributed by atoms with van der Waals surface area (Å²) in [4.78, 5) is 10.8. The van der Waals surface area contributed by atoms with E-state index in [0.717, 1.165) is 0 Å². The molecule has 0 spiro atoms. The Balaban J connectivity index is 3.36. The van der Waals surface area contributed by atoms with E-state index in [9.17, 15) is 4.79 Å². The third-order valence-electron chi connectivity index (χ3n) is 1.81. The second-order valence-corrected chi connectivity index (χ2v) is 2.61. The van der Waals surface area contributed by atoms with Crippen LogP contribution in [0.1, 0.15) is 15.9 Å². The standard InChI is InChI=1S/C8H11N3O/c1-4-5(8(11)12)2-3-6(9)7(4)10/h2-3H,9-10H2,1H3,(H2,11,12). The Hall–Kier alpha value is -1.71. The monoisotopic (exact) mass is 165 g/mol. The first-order chi connectivity index (χ1) is 5.54. The summed E-state index contributed by atoms with van der Waals surface area (Å²) in [6.45, 7) is 1.71. The van der Waals surface area contributed by atoms with E-state index in [4.69, 9.17) is 17.2 Å². The Morgan fingerprint density at radius 1 is 1.33 bits per heavy atom. The quantitative estimate of drug-likeness (QED) is 0.521. The summed E-state index contributed by atoms with van der Waals surface area (Å²) in [5.41, 5.74) is 18.2. The van der Waals surface area contributed by atoms with Gasteiger partial charge in [-0.25, -0.2) is 0 Å². The molecule has 1 rings (SSSR count). The van der Waals surface area contributed by atoms with E-state index in [1.165, 1.54) is 0 Å². The second-order valence-electron chi connectivity index (χ2n) is 2.61. The van der Waals surface area contributed by atoms with Crippen LogP contribution in [0.25, 0.3) is 0 Å². The predicted molar refractivity (Wildman–Crippen MR) is 48.5 cm³/mol. The van der Waals surface area contributed by atoms with E-state index in [1.807, 2.05) is 0 Å². The SMILES string of the molecule is Cc1c(C(N)=O)ccc(N)c1N. The number of rotatable bonds is 1. The number of benzene rings is 1. The van der Waals surface area contributed by atoms with Crippen LogP contribution >= 0.6 is 0 Å². The smallest absolute Gasteiger partial charge is 0.249 e. The maximum Gasteiger partial charge on any atom is 0.249 e. The van der Waals surface area contributed by atoms with E-state index in [-0.39, 0.29) is 0 Å². The molecule has 0 bridgehead atoms. The van der Waals surface area contributed by atoms with Crippen molar-refractivity contribution in [2.24, 2.45) is 5.73 Å². The minimum Gasteiger partial charge on any atom is -0.397 e. The van der Waals surface area contributed by atoms with Gasteiger partial charge in [0.1, 0.15) is 0 Å². The molecule has 0 heterocycles.